The summed E-state index contributed by atoms with van der Waals surface area (Å²) in [6.45, 7) is 2.67. The van der Waals surface area contributed by atoms with Crippen molar-refractivity contribution in [2.45, 2.75) is 18.3 Å². The normalized spacial score (nSPS) is 17.2. The van der Waals surface area contributed by atoms with Gasteiger partial charge in [0.15, 0.2) is 0 Å². The number of likely N-dealkylation sites (tertiary alicyclic amines) is 1. The number of amides is 1. The van der Waals surface area contributed by atoms with Crippen LogP contribution < -0.4 is 4.90 Å². The SMILES string of the molecule is O=C(c1ccnc(Cl)c1)N1CC2(CCN(CC=Cc3ccc(F)cc3F)CC2)c2c(Cl)cc(Cl)cc21. The highest BCUT2D eigenvalue weighted by Crippen LogP contribution is 2.51. The van der Waals surface area contributed by atoms with Gasteiger partial charge >= 0.3 is 0 Å². The first-order valence-corrected chi connectivity index (χ1v) is 12.7. The Bertz CT molecular complexity index is 1360. The molecule has 0 bridgehead atoms. The van der Waals surface area contributed by atoms with Gasteiger partial charge in [0, 0.05) is 57.5 Å². The number of fused-ring (bicyclic) bond motifs is 2. The highest BCUT2D eigenvalue weighted by atomic mass is 35.5. The zero-order valence-corrected chi connectivity index (χ0v) is 21.4. The fourth-order valence-electron chi connectivity index (χ4n) is 5.17. The van der Waals surface area contributed by atoms with Gasteiger partial charge in [-0.25, -0.2) is 13.8 Å². The standard InChI is InChI=1S/C27H22Cl3F2N3O/c28-19-13-21(29)25-23(14-19)35(26(36)18-5-8-33-24(30)12-18)16-27(25)6-10-34(11-7-27)9-1-2-17-3-4-20(31)15-22(17)32/h1-5,8,12-15H,6-7,9-11,16H2. The number of carbonyl (C=O) groups is 1. The van der Waals surface area contributed by atoms with E-state index in [2.05, 4.69) is 9.88 Å². The van der Waals surface area contributed by atoms with Crippen molar-refractivity contribution in [3.8, 4) is 0 Å². The summed E-state index contributed by atoms with van der Waals surface area (Å²) in [5.74, 6) is -1.36. The Labute approximate surface area is 223 Å². The fourth-order valence-corrected chi connectivity index (χ4v) is 6.03. The number of hydrogen-bond donors (Lipinski definition) is 0. The third-order valence-corrected chi connectivity index (χ3v) is 7.69. The summed E-state index contributed by atoms with van der Waals surface area (Å²) in [6.07, 6.45) is 6.65. The van der Waals surface area contributed by atoms with Gasteiger partial charge in [-0.3, -0.25) is 9.69 Å². The van der Waals surface area contributed by atoms with E-state index in [4.69, 9.17) is 34.8 Å². The number of hydrogen-bond acceptors (Lipinski definition) is 3. The van der Waals surface area contributed by atoms with Crippen LogP contribution in [0.15, 0.2) is 54.7 Å². The first-order chi connectivity index (χ1) is 17.3. The molecule has 0 atom stereocenters. The number of benzene rings is 2. The van der Waals surface area contributed by atoms with Crippen molar-refractivity contribution in [2.75, 3.05) is 31.1 Å². The second-order valence-corrected chi connectivity index (χ2v) is 10.4. The highest BCUT2D eigenvalue weighted by Gasteiger charge is 2.48. The molecule has 3 aromatic rings. The van der Waals surface area contributed by atoms with Crippen molar-refractivity contribution in [3.63, 3.8) is 0 Å². The van der Waals surface area contributed by atoms with Gasteiger partial charge in [0.05, 0.1) is 5.69 Å². The maximum Gasteiger partial charge on any atom is 0.258 e. The quantitative estimate of drug-likeness (QED) is 0.329. The van der Waals surface area contributed by atoms with E-state index in [1.807, 2.05) is 6.08 Å². The Morgan fingerprint density at radius 1 is 1.06 bits per heavy atom. The Balaban J connectivity index is 1.35. The number of rotatable bonds is 4. The molecular formula is C27H22Cl3F2N3O. The van der Waals surface area contributed by atoms with Crippen molar-refractivity contribution >= 4 is 52.5 Å². The molecule has 0 radical (unpaired) electrons. The van der Waals surface area contributed by atoms with Crippen LogP contribution in [-0.2, 0) is 5.41 Å². The second kappa shape index (κ2) is 10.1. The molecule has 9 heteroatoms. The van der Waals surface area contributed by atoms with E-state index in [1.54, 1.807) is 35.2 Å². The van der Waals surface area contributed by atoms with Crippen molar-refractivity contribution < 1.29 is 13.6 Å². The minimum absolute atomic E-state index is 0.178. The molecule has 2 aliphatic heterocycles. The van der Waals surface area contributed by atoms with Gasteiger partial charge in [-0.05, 0) is 62.3 Å². The molecule has 36 heavy (non-hydrogen) atoms. The molecule has 1 spiro atoms. The van der Waals surface area contributed by atoms with E-state index in [-0.39, 0.29) is 16.5 Å². The largest absolute Gasteiger partial charge is 0.307 e. The molecule has 2 aromatic carbocycles. The van der Waals surface area contributed by atoms with Crippen LogP contribution in [0.1, 0.15) is 34.3 Å². The van der Waals surface area contributed by atoms with Gasteiger partial charge < -0.3 is 4.90 Å². The summed E-state index contributed by atoms with van der Waals surface area (Å²) in [5.41, 5.74) is 2.18. The third kappa shape index (κ3) is 4.88. The summed E-state index contributed by atoms with van der Waals surface area (Å²) >= 11 is 19.1. The zero-order chi connectivity index (χ0) is 25.4. The number of nitrogens with zero attached hydrogens (tertiary/aromatic N) is 3. The minimum atomic E-state index is -0.595. The van der Waals surface area contributed by atoms with E-state index in [1.165, 1.54) is 18.3 Å². The van der Waals surface area contributed by atoms with E-state index in [0.717, 1.165) is 43.2 Å². The van der Waals surface area contributed by atoms with Gasteiger partial charge in [0.25, 0.3) is 5.91 Å². The summed E-state index contributed by atoms with van der Waals surface area (Å²) in [5, 5.41) is 1.28. The highest BCUT2D eigenvalue weighted by molar-refractivity contribution is 6.36. The van der Waals surface area contributed by atoms with Crippen LogP contribution in [0.25, 0.3) is 6.08 Å². The van der Waals surface area contributed by atoms with Gasteiger partial charge in [0.1, 0.15) is 16.8 Å². The van der Waals surface area contributed by atoms with E-state index < -0.39 is 11.6 Å². The lowest BCUT2D eigenvalue weighted by atomic mass is 9.74. The van der Waals surface area contributed by atoms with Crippen molar-refractivity contribution in [1.29, 1.82) is 0 Å². The number of piperidine rings is 1. The fraction of sp³-hybridized carbons (Fsp3) is 0.259. The lowest BCUT2D eigenvalue weighted by molar-refractivity contribution is 0.0977. The maximum absolute atomic E-state index is 13.9. The third-order valence-electron chi connectivity index (χ3n) is 6.97. The summed E-state index contributed by atoms with van der Waals surface area (Å²) < 4.78 is 27.0. The molecule has 1 aromatic heterocycles. The van der Waals surface area contributed by atoms with Gasteiger partial charge in [-0.1, -0.05) is 47.0 Å². The van der Waals surface area contributed by atoms with E-state index in [9.17, 15) is 13.6 Å². The van der Waals surface area contributed by atoms with Crippen molar-refractivity contribution in [1.82, 2.24) is 9.88 Å². The molecule has 0 unspecified atom stereocenters. The minimum Gasteiger partial charge on any atom is -0.307 e. The molecule has 4 nitrogen and oxygen atoms in total. The Kier molecular flexibility index (Phi) is 7.05. The molecule has 1 fully saturated rings. The lowest BCUT2D eigenvalue weighted by Gasteiger charge is -2.39. The van der Waals surface area contributed by atoms with Crippen LogP contribution in [0, 0.1) is 11.6 Å². The van der Waals surface area contributed by atoms with Crippen LogP contribution in [0.3, 0.4) is 0 Å². The molecule has 0 aliphatic carbocycles. The zero-order valence-electron chi connectivity index (χ0n) is 19.2. The molecule has 1 saturated heterocycles. The van der Waals surface area contributed by atoms with Gasteiger partial charge in [-0.2, -0.15) is 0 Å². The predicted octanol–water partition coefficient (Wildman–Crippen LogP) is 7.03. The average molecular weight is 549 g/mol. The number of pyridine rings is 1. The summed E-state index contributed by atoms with van der Waals surface area (Å²) in [7, 11) is 0. The average Bonchev–Trinajstić information content (AvgIpc) is 3.15. The lowest BCUT2D eigenvalue weighted by Crippen LogP contribution is -2.46. The Morgan fingerprint density at radius 2 is 1.83 bits per heavy atom. The summed E-state index contributed by atoms with van der Waals surface area (Å²) in [4.78, 5) is 21.5. The van der Waals surface area contributed by atoms with Gasteiger partial charge in [-0.15, -0.1) is 0 Å². The van der Waals surface area contributed by atoms with Crippen LogP contribution in [0.2, 0.25) is 15.2 Å². The number of halogens is 5. The van der Waals surface area contributed by atoms with Crippen LogP contribution in [-0.4, -0.2) is 42.0 Å². The van der Waals surface area contributed by atoms with E-state index >= 15 is 0 Å². The predicted molar refractivity (Wildman–Crippen MR) is 140 cm³/mol. The maximum atomic E-state index is 13.9. The Morgan fingerprint density at radius 3 is 2.56 bits per heavy atom. The molecule has 5 rings (SSSR count). The number of carbonyl (C=O) groups excluding carboxylic acids is 1. The van der Waals surface area contributed by atoms with Crippen LogP contribution in [0.4, 0.5) is 14.5 Å². The van der Waals surface area contributed by atoms with Gasteiger partial charge in [0.2, 0.25) is 0 Å². The number of aromatic nitrogens is 1. The molecule has 0 N–H and O–H groups in total. The monoisotopic (exact) mass is 547 g/mol. The molecular weight excluding hydrogens is 527 g/mol. The van der Waals surface area contributed by atoms with Crippen molar-refractivity contribution in [3.05, 3.63) is 98.3 Å². The van der Waals surface area contributed by atoms with Crippen molar-refractivity contribution in [2.24, 2.45) is 0 Å². The molecule has 2 aliphatic rings. The molecule has 186 valence electrons. The Hall–Kier alpha value is -2.51. The van der Waals surface area contributed by atoms with Crippen LogP contribution >= 0.6 is 34.8 Å². The molecule has 0 saturated carbocycles. The first-order valence-electron chi connectivity index (χ1n) is 11.5. The summed E-state index contributed by atoms with van der Waals surface area (Å²) in [6, 6.07) is 10.3. The number of anilines is 1. The van der Waals surface area contributed by atoms with Crippen LogP contribution in [0.5, 0.6) is 0 Å². The molecule has 3 heterocycles. The smallest absolute Gasteiger partial charge is 0.258 e. The first kappa shape index (κ1) is 25.2. The topological polar surface area (TPSA) is 36.4 Å². The van der Waals surface area contributed by atoms with E-state index in [0.29, 0.717) is 34.3 Å². The molecule has 1 amide bonds. The second-order valence-electron chi connectivity index (χ2n) is 9.19.